The first-order valence-electron chi connectivity index (χ1n) is 11.4. The Kier molecular flexibility index (Phi) is 9.67. The molecule has 0 aromatic heterocycles. The minimum Gasteiger partial charge on any atom is -0.489 e. The predicted molar refractivity (Wildman–Crippen MR) is 131 cm³/mol. The van der Waals surface area contributed by atoms with Crippen molar-refractivity contribution in [2.45, 2.75) is 44.8 Å². The van der Waals surface area contributed by atoms with Crippen molar-refractivity contribution in [3.63, 3.8) is 0 Å². The molecule has 0 aliphatic carbocycles. The molecule has 1 unspecified atom stereocenters. The Morgan fingerprint density at radius 1 is 0.848 bits per heavy atom. The molecule has 0 fully saturated rings. The molecule has 0 aliphatic heterocycles. The van der Waals surface area contributed by atoms with E-state index in [1.807, 2.05) is 84.9 Å². The molecule has 3 aromatic rings. The number of carbonyl (C=O) groups excluding carboxylic acids is 2. The Morgan fingerprint density at radius 3 is 2.24 bits per heavy atom. The van der Waals surface area contributed by atoms with Crippen molar-refractivity contribution in [1.29, 1.82) is 0 Å². The summed E-state index contributed by atoms with van der Waals surface area (Å²) < 4.78 is 5.84. The van der Waals surface area contributed by atoms with Gasteiger partial charge in [-0.15, -0.1) is 0 Å². The maximum atomic E-state index is 12.4. The van der Waals surface area contributed by atoms with E-state index >= 15 is 0 Å². The lowest BCUT2D eigenvalue weighted by Crippen LogP contribution is -2.41. The molecule has 1 amide bonds. The zero-order valence-electron chi connectivity index (χ0n) is 18.9. The largest absolute Gasteiger partial charge is 0.489 e. The van der Waals surface area contributed by atoms with E-state index in [0.29, 0.717) is 38.8 Å². The Morgan fingerprint density at radius 2 is 1.52 bits per heavy atom. The molecule has 5 heteroatoms. The Labute approximate surface area is 196 Å². The summed E-state index contributed by atoms with van der Waals surface area (Å²) in [5.74, 6) is 0.723. The van der Waals surface area contributed by atoms with Crippen LogP contribution in [0, 0.1) is 0 Å². The quantitative estimate of drug-likeness (QED) is 0.387. The van der Waals surface area contributed by atoms with Gasteiger partial charge in [0.1, 0.15) is 18.1 Å². The molecule has 0 radical (unpaired) electrons. The number of nitrogens with two attached hydrogens (primary N) is 1. The molecule has 0 aliphatic rings. The summed E-state index contributed by atoms with van der Waals surface area (Å²) in [5, 5.41) is 2.84. The lowest BCUT2D eigenvalue weighted by Gasteiger charge is -2.12. The van der Waals surface area contributed by atoms with Crippen LogP contribution < -0.4 is 15.8 Å². The van der Waals surface area contributed by atoms with Gasteiger partial charge in [0, 0.05) is 19.4 Å². The molecule has 0 bridgehead atoms. The SMILES string of the molecule is NC(CCc1ccccc1)C(=O)NCCCC(=O)Cc1cccc(OCc2ccccc2)c1. The van der Waals surface area contributed by atoms with Gasteiger partial charge in [0.2, 0.25) is 5.91 Å². The Balaban J connectivity index is 1.32. The molecule has 3 aromatic carbocycles. The number of hydrogen-bond acceptors (Lipinski definition) is 4. The van der Waals surface area contributed by atoms with Crippen molar-refractivity contribution < 1.29 is 14.3 Å². The number of rotatable bonds is 13. The van der Waals surface area contributed by atoms with E-state index < -0.39 is 6.04 Å². The monoisotopic (exact) mass is 444 g/mol. The first-order valence-corrected chi connectivity index (χ1v) is 11.4. The predicted octanol–water partition coefficient (Wildman–Crippen LogP) is 4.23. The highest BCUT2D eigenvalue weighted by molar-refractivity contribution is 5.82. The highest BCUT2D eigenvalue weighted by Crippen LogP contribution is 2.16. The second kappa shape index (κ2) is 13.2. The van der Waals surface area contributed by atoms with Crippen molar-refractivity contribution in [3.8, 4) is 5.75 Å². The summed E-state index contributed by atoms with van der Waals surface area (Å²) in [6.45, 7) is 0.940. The fourth-order valence-corrected chi connectivity index (χ4v) is 3.53. The van der Waals surface area contributed by atoms with Crippen LogP contribution in [0.25, 0.3) is 0 Å². The summed E-state index contributed by atoms with van der Waals surface area (Å²) in [4.78, 5) is 24.5. The van der Waals surface area contributed by atoms with Gasteiger partial charge in [-0.3, -0.25) is 9.59 Å². The molecule has 0 spiro atoms. The van der Waals surface area contributed by atoms with E-state index in [2.05, 4.69) is 5.32 Å². The van der Waals surface area contributed by atoms with E-state index in [4.69, 9.17) is 10.5 Å². The number of amides is 1. The van der Waals surface area contributed by atoms with Crippen LogP contribution in [-0.4, -0.2) is 24.3 Å². The van der Waals surface area contributed by atoms with Gasteiger partial charge in [-0.05, 0) is 48.1 Å². The first kappa shape index (κ1) is 24.2. The highest BCUT2D eigenvalue weighted by atomic mass is 16.5. The van der Waals surface area contributed by atoms with Crippen LogP contribution in [0.2, 0.25) is 0 Å². The third-order valence-electron chi connectivity index (χ3n) is 5.40. The van der Waals surface area contributed by atoms with Gasteiger partial charge < -0.3 is 15.8 Å². The second-order valence-corrected chi connectivity index (χ2v) is 8.16. The molecule has 0 saturated heterocycles. The molecule has 0 saturated carbocycles. The van der Waals surface area contributed by atoms with Crippen LogP contribution in [0.1, 0.15) is 36.0 Å². The standard InChI is InChI=1S/C28H32N2O3/c29-27(17-16-22-9-3-1-4-10-22)28(32)30-18-8-14-25(31)19-24-13-7-15-26(20-24)33-21-23-11-5-2-6-12-23/h1-7,9-13,15,20,27H,8,14,16-19,21,29H2,(H,30,32). The van der Waals surface area contributed by atoms with Crippen molar-refractivity contribution in [3.05, 3.63) is 102 Å². The minimum absolute atomic E-state index is 0.137. The van der Waals surface area contributed by atoms with Gasteiger partial charge in [-0.25, -0.2) is 0 Å². The normalized spacial score (nSPS) is 11.5. The summed E-state index contributed by atoms with van der Waals surface area (Å²) >= 11 is 0. The molecule has 0 heterocycles. The number of aryl methyl sites for hydroxylation is 1. The number of Topliss-reactive ketones (excluding diaryl/α,β-unsaturated/α-hetero) is 1. The number of nitrogens with one attached hydrogen (secondary N) is 1. The van der Waals surface area contributed by atoms with E-state index in [1.54, 1.807) is 0 Å². The highest BCUT2D eigenvalue weighted by Gasteiger charge is 2.13. The maximum absolute atomic E-state index is 12.4. The zero-order chi connectivity index (χ0) is 23.3. The first-order chi connectivity index (χ1) is 16.1. The third-order valence-corrected chi connectivity index (χ3v) is 5.40. The molecule has 3 N–H and O–H groups in total. The third kappa shape index (κ3) is 8.91. The van der Waals surface area contributed by atoms with Gasteiger partial charge in [-0.1, -0.05) is 72.8 Å². The fraction of sp³-hybridized carbons (Fsp3) is 0.286. The van der Waals surface area contributed by atoms with Gasteiger partial charge in [0.25, 0.3) is 0 Å². The van der Waals surface area contributed by atoms with Crippen LogP contribution in [0.5, 0.6) is 5.75 Å². The molecular weight excluding hydrogens is 412 g/mol. The maximum Gasteiger partial charge on any atom is 0.236 e. The lowest BCUT2D eigenvalue weighted by molar-refractivity contribution is -0.123. The average molecular weight is 445 g/mol. The van der Waals surface area contributed by atoms with Gasteiger partial charge >= 0.3 is 0 Å². The van der Waals surface area contributed by atoms with Crippen molar-refractivity contribution >= 4 is 11.7 Å². The van der Waals surface area contributed by atoms with E-state index in [9.17, 15) is 9.59 Å². The topological polar surface area (TPSA) is 81.4 Å². The summed E-state index contributed by atoms with van der Waals surface area (Å²) in [6, 6.07) is 27.0. The fourth-order valence-electron chi connectivity index (χ4n) is 3.53. The minimum atomic E-state index is -0.542. The summed E-state index contributed by atoms with van der Waals surface area (Å²) in [5.41, 5.74) is 9.19. The van der Waals surface area contributed by atoms with Gasteiger partial charge in [0.15, 0.2) is 0 Å². The average Bonchev–Trinajstić information content (AvgIpc) is 2.85. The number of benzene rings is 3. The lowest BCUT2D eigenvalue weighted by atomic mass is 10.0. The van der Waals surface area contributed by atoms with Gasteiger partial charge in [0.05, 0.1) is 6.04 Å². The molecule has 33 heavy (non-hydrogen) atoms. The van der Waals surface area contributed by atoms with Gasteiger partial charge in [-0.2, -0.15) is 0 Å². The smallest absolute Gasteiger partial charge is 0.236 e. The van der Waals surface area contributed by atoms with Crippen molar-refractivity contribution in [2.75, 3.05) is 6.54 Å². The van der Waals surface area contributed by atoms with E-state index in [0.717, 1.165) is 23.3 Å². The number of carbonyl (C=O) groups is 2. The number of ketones is 1. The Bertz CT molecular complexity index is 1010. The molecule has 3 rings (SSSR count). The van der Waals surface area contributed by atoms with Crippen LogP contribution in [-0.2, 0) is 29.0 Å². The van der Waals surface area contributed by atoms with Crippen LogP contribution >= 0.6 is 0 Å². The van der Waals surface area contributed by atoms with Crippen molar-refractivity contribution in [1.82, 2.24) is 5.32 Å². The zero-order valence-corrected chi connectivity index (χ0v) is 18.9. The Hall–Kier alpha value is -3.44. The van der Waals surface area contributed by atoms with E-state index in [1.165, 1.54) is 5.56 Å². The second-order valence-electron chi connectivity index (χ2n) is 8.16. The van der Waals surface area contributed by atoms with Crippen LogP contribution in [0.4, 0.5) is 0 Å². The molecular formula is C28H32N2O3. The van der Waals surface area contributed by atoms with E-state index in [-0.39, 0.29) is 11.7 Å². The summed E-state index contributed by atoms with van der Waals surface area (Å²) in [6.07, 6.45) is 2.72. The molecule has 5 nitrogen and oxygen atoms in total. The molecule has 172 valence electrons. The molecule has 1 atom stereocenters. The van der Waals surface area contributed by atoms with Crippen molar-refractivity contribution in [2.24, 2.45) is 5.73 Å². The van der Waals surface area contributed by atoms with Crippen LogP contribution in [0.15, 0.2) is 84.9 Å². The summed E-state index contributed by atoms with van der Waals surface area (Å²) in [7, 11) is 0. The number of ether oxygens (including phenoxy) is 1. The number of hydrogen-bond donors (Lipinski definition) is 2. The van der Waals surface area contributed by atoms with Crippen LogP contribution in [0.3, 0.4) is 0 Å².